The molecule has 0 amide bonds. The van der Waals surface area contributed by atoms with Gasteiger partial charge in [-0.1, -0.05) is 86.8 Å². The highest BCUT2D eigenvalue weighted by atomic mass is 14.0. The van der Waals surface area contributed by atoms with Crippen LogP contribution in [0.1, 0.15) is 68.2 Å². The van der Waals surface area contributed by atoms with E-state index in [-0.39, 0.29) is 0 Å². The van der Waals surface area contributed by atoms with E-state index in [4.69, 9.17) is 0 Å². The van der Waals surface area contributed by atoms with Crippen molar-refractivity contribution in [1.29, 1.82) is 0 Å². The molecule has 0 unspecified atom stereocenters. The van der Waals surface area contributed by atoms with Gasteiger partial charge in [0.25, 0.3) is 0 Å². The van der Waals surface area contributed by atoms with Gasteiger partial charge in [-0.2, -0.15) is 0 Å². The topological polar surface area (TPSA) is 0 Å². The quantitative estimate of drug-likeness (QED) is 0.300. The first-order valence-corrected chi connectivity index (χ1v) is 11.1. The van der Waals surface area contributed by atoms with Crippen LogP contribution < -0.4 is 0 Å². The van der Waals surface area contributed by atoms with Crippen LogP contribution >= 0.6 is 0 Å². The molecule has 3 rings (SSSR count). The van der Waals surface area contributed by atoms with Crippen LogP contribution in [0, 0.1) is 23.7 Å². The van der Waals surface area contributed by atoms with Crippen LogP contribution in [0.5, 0.6) is 0 Å². The number of hydrogen-bond donors (Lipinski definition) is 0. The first kappa shape index (κ1) is 21.5. The smallest absolute Gasteiger partial charge is 0.0249 e. The Kier molecular flexibility index (Phi) is 8.38. The highest BCUT2D eigenvalue weighted by Crippen LogP contribution is 2.21. The molecule has 0 saturated carbocycles. The van der Waals surface area contributed by atoms with Crippen LogP contribution in [0.3, 0.4) is 0 Å². The van der Waals surface area contributed by atoms with E-state index < -0.39 is 0 Å². The molecule has 0 aliphatic rings. The van der Waals surface area contributed by atoms with Gasteiger partial charge in [0.2, 0.25) is 0 Å². The van der Waals surface area contributed by atoms with Crippen molar-refractivity contribution in [2.45, 2.75) is 52.4 Å². The summed E-state index contributed by atoms with van der Waals surface area (Å²) in [6.07, 6.45) is 7.07. The average Bonchev–Trinajstić information content (AvgIpc) is 2.80. The third kappa shape index (κ3) is 6.69. The summed E-state index contributed by atoms with van der Waals surface area (Å²) in [5.41, 5.74) is 7.01. The van der Waals surface area contributed by atoms with E-state index in [1.807, 2.05) is 24.3 Å². The maximum atomic E-state index is 3.26. The molecular weight excluding hydrogens is 360 g/mol. The fourth-order valence-electron chi connectivity index (χ4n) is 3.26. The fraction of sp³-hybridized carbons (Fsp3) is 0.267. The Morgan fingerprint density at radius 1 is 0.533 bits per heavy atom. The van der Waals surface area contributed by atoms with Gasteiger partial charge < -0.3 is 0 Å². The van der Waals surface area contributed by atoms with Crippen LogP contribution in [-0.4, -0.2) is 0 Å². The molecule has 0 nitrogen and oxygen atoms in total. The maximum absolute atomic E-state index is 3.26. The highest BCUT2D eigenvalue weighted by molar-refractivity contribution is 5.64. The average molecular weight is 391 g/mol. The van der Waals surface area contributed by atoms with E-state index in [0.717, 1.165) is 29.5 Å². The molecule has 0 saturated heterocycles. The van der Waals surface area contributed by atoms with Crippen LogP contribution in [-0.2, 0) is 6.42 Å². The normalized spacial score (nSPS) is 9.93. The van der Waals surface area contributed by atoms with Crippen molar-refractivity contribution < 1.29 is 0 Å². The molecule has 0 fully saturated rings. The fourth-order valence-corrected chi connectivity index (χ4v) is 3.26. The van der Waals surface area contributed by atoms with Gasteiger partial charge in [-0.3, -0.25) is 0 Å². The summed E-state index contributed by atoms with van der Waals surface area (Å²) in [4.78, 5) is 0. The number of hydrogen-bond acceptors (Lipinski definition) is 0. The van der Waals surface area contributed by atoms with Gasteiger partial charge in [0.15, 0.2) is 0 Å². The van der Waals surface area contributed by atoms with E-state index in [0.29, 0.717) is 0 Å². The minimum Gasteiger partial charge on any atom is -0.0979 e. The van der Waals surface area contributed by atoms with Crippen molar-refractivity contribution in [3.63, 3.8) is 0 Å². The number of unbranched alkanes of at least 4 members (excludes halogenated alkanes) is 3. The SMILES string of the molecule is CCCC#Cc1ccc(C#Cc2ccc(-c3ccc(CCCCC)cc3)cc2)cc1. The lowest BCUT2D eigenvalue weighted by Crippen LogP contribution is -1.86. The van der Waals surface area contributed by atoms with E-state index >= 15 is 0 Å². The number of aryl methyl sites for hydroxylation is 1. The molecule has 150 valence electrons. The second-order valence-corrected chi connectivity index (χ2v) is 7.61. The van der Waals surface area contributed by atoms with Gasteiger partial charge in [-0.05, 0) is 72.4 Å². The summed E-state index contributed by atoms with van der Waals surface area (Å²) >= 11 is 0. The Balaban J connectivity index is 1.62. The molecule has 0 radical (unpaired) electrons. The maximum Gasteiger partial charge on any atom is 0.0249 e. The van der Waals surface area contributed by atoms with Gasteiger partial charge in [-0.15, -0.1) is 0 Å². The number of rotatable bonds is 6. The van der Waals surface area contributed by atoms with Gasteiger partial charge in [-0.25, -0.2) is 0 Å². The largest absolute Gasteiger partial charge is 0.0979 e. The molecule has 0 aliphatic heterocycles. The highest BCUT2D eigenvalue weighted by Gasteiger charge is 1.99. The summed E-state index contributed by atoms with van der Waals surface area (Å²) in [6, 6.07) is 25.7. The lowest BCUT2D eigenvalue weighted by molar-refractivity contribution is 0.717. The molecule has 0 heteroatoms. The van der Waals surface area contributed by atoms with Crippen molar-refractivity contribution in [1.82, 2.24) is 0 Å². The Hall–Kier alpha value is -3.22. The summed E-state index contributed by atoms with van der Waals surface area (Å²) in [7, 11) is 0. The van der Waals surface area contributed by atoms with E-state index in [9.17, 15) is 0 Å². The second kappa shape index (κ2) is 11.7. The van der Waals surface area contributed by atoms with Gasteiger partial charge >= 0.3 is 0 Å². The molecule has 30 heavy (non-hydrogen) atoms. The van der Waals surface area contributed by atoms with E-state index in [2.05, 4.69) is 86.1 Å². The van der Waals surface area contributed by atoms with E-state index in [1.54, 1.807) is 0 Å². The predicted molar refractivity (Wildman–Crippen MR) is 129 cm³/mol. The third-order valence-corrected chi connectivity index (χ3v) is 5.08. The minimum atomic E-state index is 0.945. The van der Waals surface area contributed by atoms with Crippen LogP contribution in [0.4, 0.5) is 0 Å². The number of benzene rings is 3. The summed E-state index contributed by atoms with van der Waals surface area (Å²) in [5, 5.41) is 0. The monoisotopic (exact) mass is 390 g/mol. The summed E-state index contributed by atoms with van der Waals surface area (Å²) in [6.45, 7) is 4.39. The zero-order valence-corrected chi connectivity index (χ0v) is 18.2. The lowest BCUT2D eigenvalue weighted by Gasteiger charge is -2.05. The third-order valence-electron chi connectivity index (χ3n) is 5.08. The van der Waals surface area contributed by atoms with Crippen molar-refractivity contribution >= 4 is 0 Å². The van der Waals surface area contributed by atoms with Gasteiger partial charge in [0, 0.05) is 23.1 Å². The molecular formula is C30H30. The molecule has 0 aliphatic carbocycles. The summed E-state index contributed by atoms with van der Waals surface area (Å²) in [5.74, 6) is 12.9. The first-order chi connectivity index (χ1) is 14.8. The molecule has 0 atom stereocenters. The van der Waals surface area contributed by atoms with Crippen LogP contribution in [0.2, 0.25) is 0 Å². The Labute approximate surface area is 182 Å². The van der Waals surface area contributed by atoms with Crippen molar-refractivity contribution in [3.8, 4) is 34.8 Å². The lowest BCUT2D eigenvalue weighted by atomic mass is 10.0. The molecule has 3 aromatic carbocycles. The second-order valence-electron chi connectivity index (χ2n) is 7.61. The standard InChI is InChI=1S/C30H30/c1-3-5-7-9-25-11-13-27(14-12-25)15-16-28-19-23-30(24-20-28)29-21-17-26(18-22-29)10-8-6-4-2/h11-14,17-24H,3-6,8,10H2,1-2H3. The van der Waals surface area contributed by atoms with Crippen molar-refractivity contribution in [2.75, 3.05) is 0 Å². The first-order valence-electron chi connectivity index (χ1n) is 11.1. The van der Waals surface area contributed by atoms with Crippen LogP contribution in [0.15, 0.2) is 72.8 Å². The molecule has 0 N–H and O–H groups in total. The zero-order chi connectivity index (χ0) is 21.0. The van der Waals surface area contributed by atoms with Gasteiger partial charge in [0.1, 0.15) is 0 Å². The molecule has 0 aromatic heterocycles. The van der Waals surface area contributed by atoms with E-state index in [1.165, 1.54) is 42.4 Å². The zero-order valence-electron chi connectivity index (χ0n) is 18.2. The minimum absolute atomic E-state index is 0.945. The van der Waals surface area contributed by atoms with Crippen molar-refractivity contribution in [2.24, 2.45) is 0 Å². The van der Waals surface area contributed by atoms with Crippen LogP contribution in [0.25, 0.3) is 11.1 Å². The van der Waals surface area contributed by atoms with Crippen molar-refractivity contribution in [3.05, 3.63) is 95.1 Å². The molecule has 0 heterocycles. The Morgan fingerprint density at radius 2 is 1.03 bits per heavy atom. The predicted octanol–water partition coefficient (Wildman–Crippen LogP) is 7.64. The Morgan fingerprint density at radius 3 is 1.57 bits per heavy atom. The van der Waals surface area contributed by atoms with Gasteiger partial charge in [0.05, 0.1) is 0 Å². The Bertz CT molecular complexity index is 1030. The summed E-state index contributed by atoms with van der Waals surface area (Å²) < 4.78 is 0. The molecule has 0 bridgehead atoms. The molecule has 3 aromatic rings. The molecule has 0 spiro atoms.